The molecule has 214 valence electrons. The SMILES string of the molecule is COc1ccccc1[C@@H]1c2sc(=O)n(CC(=O)Nc3ccc(Cl)c(Cl)c3)c2S[C@H]2C(=O)N(c3ccc(C)cc3)C(=O)[C@@H]12. The van der Waals surface area contributed by atoms with E-state index in [-0.39, 0.29) is 28.3 Å². The normalized spacial score (nSPS) is 19.4. The van der Waals surface area contributed by atoms with Crippen LogP contribution in [0.5, 0.6) is 5.75 Å². The fourth-order valence-corrected chi connectivity index (χ4v) is 8.44. The number of ether oxygens (including phenoxy) is 1. The first-order valence-electron chi connectivity index (χ1n) is 12.9. The van der Waals surface area contributed by atoms with Crippen molar-refractivity contribution in [1.29, 1.82) is 0 Å². The van der Waals surface area contributed by atoms with Crippen LogP contribution in [0, 0.1) is 12.8 Å². The van der Waals surface area contributed by atoms with Gasteiger partial charge >= 0.3 is 4.87 Å². The van der Waals surface area contributed by atoms with E-state index < -0.39 is 23.0 Å². The van der Waals surface area contributed by atoms with Gasteiger partial charge in [0.2, 0.25) is 17.7 Å². The number of rotatable bonds is 6. The second kappa shape index (κ2) is 11.3. The molecule has 1 aromatic heterocycles. The molecule has 3 atom stereocenters. The number of anilines is 2. The fourth-order valence-electron chi connectivity index (χ4n) is 5.38. The minimum atomic E-state index is -0.806. The lowest BCUT2D eigenvalue weighted by atomic mass is 9.82. The van der Waals surface area contributed by atoms with Crippen LogP contribution in [0.4, 0.5) is 11.4 Å². The van der Waals surface area contributed by atoms with Crippen molar-refractivity contribution in [2.75, 3.05) is 17.3 Å². The summed E-state index contributed by atoms with van der Waals surface area (Å²) in [5.74, 6) is -2.03. The highest BCUT2D eigenvalue weighted by Gasteiger charge is 2.57. The van der Waals surface area contributed by atoms with Gasteiger partial charge in [0.1, 0.15) is 17.5 Å². The molecule has 2 aliphatic rings. The number of hydrogen-bond donors (Lipinski definition) is 1. The molecule has 0 unspecified atom stereocenters. The molecule has 0 spiro atoms. The van der Waals surface area contributed by atoms with Crippen molar-refractivity contribution >= 4 is 75.4 Å². The molecule has 3 aromatic carbocycles. The number of benzene rings is 3. The molecule has 3 heterocycles. The van der Waals surface area contributed by atoms with Gasteiger partial charge in [-0.05, 0) is 43.3 Å². The Morgan fingerprint density at radius 1 is 0.976 bits per heavy atom. The molecule has 4 aromatic rings. The maximum Gasteiger partial charge on any atom is 0.308 e. The first-order chi connectivity index (χ1) is 20.2. The topological polar surface area (TPSA) is 97.7 Å². The van der Waals surface area contributed by atoms with Crippen molar-refractivity contribution in [3.8, 4) is 5.75 Å². The highest BCUT2D eigenvalue weighted by molar-refractivity contribution is 8.00. The number of thiazole rings is 1. The quantitative estimate of drug-likeness (QED) is 0.261. The highest BCUT2D eigenvalue weighted by Crippen LogP contribution is 2.55. The number of para-hydroxylation sites is 1. The predicted molar refractivity (Wildman–Crippen MR) is 165 cm³/mol. The van der Waals surface area contributed by atoms with Gasteiger partial charge in [0.15, 0.2) is 0 Å². The van der Waals surface area contributed by atoms with Crippen LogP contribution in [0.15, 0.2) is 76.6 Å². The summed E-state index contributed by atoms with van der Waals surface area (Å²) in [7, 11) is 1.54. The summed E-state index contributed by atoms with van der Waals surface area (Å²) in [6.45, 7) is 1.64. The molecule has 3 amide bonds. The molecule has 42 heavy (non-hydrogen) atoms. The number of halogens is 2. The third kappa shape index (κ3) is 4.92. The van der Waals surface area contributed by atoms with Crippen molar-refractivity contribution in [1.82, 2.24) is 4.57 Å². The monoisotopic (exact) mass is 639 g/mol. The van der Waals surface area contributed by atoms with Gasteiger partial charge in [-0.25, -0.2) is 4.90 Å². The molecule has 8 nitrogen and oxygen atoms in total. The third-order valence-electron chi connectivity index (χ3n) is 7.32. The van der Waals surface area contributed by atoms with E-state index in [2.05, 4.69) is 5.32 Å². The van der Waals surface area contributed by atoms with Crippen LogP contribution in [0.1, 0.15) is 21.9 Å². The van der Waals surface area contributed by atoms with Crippen LogP contribution in [-0.2, 0) is 20.9 Å². The van der Waals surface area contributed by atoms with Gasteiger partial charge in [-0.3, -0.25) is 23.7 Å². The number of fused-ring (bicyclic) bond motifs is 2. The van der Waals surface area contributed by atoms with Crippen molar-refractivity contribution in [2.24, 2.45) is 5.92 Å². The molecule has 12 heteroatoms. The summed E-state index contributed by atoms with van der Waals surface area (Å²) in [4.78, 5) is 55.8. The zero-order chi connectivity index (χ0) is 29.7. The lowest BCUT2D eigenvalue weighted by Crippen LogP contribution is -2.33. The first-order valence-corrected chi connectivity index (χ1v) is 15.4. The summed E-state index contributed by atoms with van der Waals surface area (Å²) >= 11 is 14.2. The number of nitrogens with one attached hydrogen (secondary N) is 1. The van der Waals surface area contributed by atoms with E-state index >= 15 is 0 Å². The maximum atomic E-state index is 14.0. The van der Waals surface area contributed by atoms with Gasteiger partial charge in [0.05, 0.1) is 33.8 Å². The van der Waals surface area contributed by atoms with Crippen LogP contribution >= 0.6 is 46.3 Å². The second-order valence-corrected chi connectivity index (χ2v) is 12.9. The number of carbonyl (C=O) groups is 3. The van der Waals surface area contributed by atoms with E-state index in [1.54, 1.807) is 30.3 Å². The molecular weight excluding hydrogens is 617 g/mol. The lowest BCUT2D eigenvalue weighted by Gasteiger charge is -2.31. The number of nitrogens with zero attached hydrogens (tertiary/aromatic N) is 2. The highest BCUT2D eigenvalue weighted by atomic mass is 35.5. The van der Waals surface area contributed by atoms with E-state index in [9.17, 15) is 19.2 Å². The summed E-state index contributed by atoms with van der Waals surface area (Å²) < 4.78 is 7.02. The minimum absolute atomic E-state index is 0.281. The largest absolute Gasteiger partial charge is 0.496 e. The molecule has 0 radical (unpaired) electrons. The number of hydrogen-bond acceptors (Lipinski definition) is 7. The van der Waals surface area contributed by atoms with E-state index in [0.717, 1.165) is 28.7 Å². The lowest BCUT2D eigenvalue weighted by molar-refractivity contribution is -0.122. The van der Waals surface area contributed by atoms with Gasteiger partial charge in [-0.1, -0.05) is 82.2 Å². The minimum Gasteiger partial charge on any atom is -0.496 e. The van der Waals surface area contributed by atoms with Crippen molar-refractivity contribution in [3.05, 3.63) is 102 Å². The summed E-state index contributed by atoms with van der Waals surface area (Å²) in [5.41, 5.74) is 2.61. The summed E-state index contributed by atoms with van der Waals surface area (Å²) in [6, 6.07) is 19.2. The van der Waals surface area contributed by atoms with Crippen molar-refractivity contribution < 1.29 is 19.1 Å². The smallest absolute Gasteiger partial charge is 0.308 e. The van der Waals surface area contributed by atoms with Crippen LogP contribution in [0.25, 0.3) is 0 Å². The molecule has 6 rings (SSSR count). The Bertz CT molecular complexity index is 1800. The number of imide groups is 1. The van der Waals surface area contributed by atoms with Gasteiger partial charge in [-0.2, -0.15) is 0 Å². The maximum absolute atomic E-state index is 14.0. The van der Waals surface area contributed by atoms with Gasteiger partial charge in [-0.15, -0.1) is 0 Å². The second-order valence-electron chi connectivity index (χ2n) is 9.93. The Balaban J connectivity index is 1.42. The van der Waals surface area contributed by atoms with Crippen LogP contribution in [-0.4, -0.2) is 34.6 Å². The summed E-state index contributed by atoms with van der Waals surface area (Å²) in [5, 5.41) is 3.05. The number of aryl methyl sites for hydroxylation is 1. The average Bonchev–Trinajstić information content (AvgIpc) is 3.41. The predicted octanol–water partition coefficient (Wildman–Crippen LogP) is 5.97. The number of aromatic nitrogens is 1. The van der Waals surface area contributed by atoms with Crippen molar-refractivity contribution in [3.63, 3.8) is 0 Å². The molecule has 1 fully saturated rings. The van der Waals surface area contributed by atoms with E-state index in [1.807, 2.05) is 37.3 Å². The van der Waals surface area contributed by atoms with E-state index in [0.29, 0.717) is 37.6 Å². The molecular formula is C30H23Cl2N3O5S2. The number of methoxy groups -OCH3 is 1. The standard InChI is InChI=1S/C30H23Cl2N3O5S2/c1-15-7-10-17(11-8-15)35-27(37)24-23(18-5-3-4-6-21(18)40-2)26-29(41-25(24)28(35)38)34(30(39)42-26)14-22(36)33-16-9-12-19(31)20(32)13-16/h3-13,23-25H,14H2,1-2H3,(H,33,36)/t23-,24-,25+/m0/s1. The Morgan fingerprint density at radius 3 is 2.43 bits per heavy atom. The zero-order valence-electron chi connectivity index (χ0n) is 22.3. The van der Waals surface area contributed by atoms with Crippen molar-refractivity contribution in [2.45, 2.75) is 29.7 Å². The molecule has 0 saturated carbocycles. The number of amides is 3. The van der Waals surface area contributed by atoms with Crippen LogP contribution in [0.2, 0.25) is 10.0 Å². The van der Waals surface area contributed by atoms with Crippen LogP contribution in [0.3, 0.4) is 0 Å². The Kier molecular flexibility index (Phi) is 7.65. The average molecular weight is 641 g/mol. The Hall–Kier alpha value is -3.57. The van der Waals surface area contributed by atoms with E-state index in [1.165, 1.54) is 22.6 Å². The Labute approximate surface area is 259 Å². The Morgan fingerprint density at radius 2 is 1.71 bits per heavy atom. The molecule has 1 N–H and O–H groups in total. The number of carbonyl (C=O) groups excluding carboxylic acids is 3. The third-order valence-corrected chi connectivity index (χ3v) is 10.7. The fraction of sp³-hybridized carbons (Fsp3) is 0.200. The van der Waals surface area contributed by atoms with Gasteiger partial charge in [0, 0.05) is 22.0 Å². The number of thioether (sulfide) groups is 1. The molecule has 0 aliphatic carbocycles. The van der Waals surface area contributed by atoms with Crippen LogP contribution < -0.4 is 19.8 Å². The molecule has 2 aliphatic heterocycles. The zero-order valence-corrected chi connectivity index (χ0v) is 25.4. The van der Waals surface area contributed by atoms with Gasteiger partial charge in [0.25, 0.3) is 0 Å². The first kappa shape index (κ1) is 28.5. The van der Waals surface area contributed by atoms with E-state index in [4.69, 9.17) is 27.9 Å². The molecule has 0 bridgehead atoms. The summed E-state index contributed by atoms with van der Waals surface area (Å²) in [6.07, 6.45) is 0. The molecule has 1 saturated heterocycles. The van der Waals surface area contributed by atoms with Gasteiger partial charge < -0.3 is 10.1 Å².